The summed E-state index contributed by atoms with van der Waals surface area (Å²) in [5.74, 6) is 7.71. The van der Waals surface area contributed by atoms with Gasteiger partial charge >= 0.3 is 0 Å². The molecular formula is C9H13. The van der Waals surface area contributed by atoms with Gasteiger partial charge in [-0.15, -0.1) is 11.8 Å². The lowest BCUT2D eigenvalue weighted by Gasteiger charge is -2.01. The fraction of sp³-hybridized carbons (Fsp3) is 0.667. The highest BCUT2D eigenvalue weighted by Gasteiger charge is 2.27. The van der Waals surface area contributed by atoms with Crippen molar-refractivity contribution < 1.29 is 0 Å². The van der Waals surface area contributed by atoms with E-state index in [4.69, 9.17) is 0 Å². The quantitative estimate of drug-likeness (QED) is 0.491. The van der Waals surface area contributed by atoms with E-state index in [1.54, 1.807) is 0 Å². The molecule has 0 N–H and O–H groups in total. The van der Waals surface area contributed by atoms with E-state index in [2.05, 4.69) is 25.2 Å². The first-order valence-corrected chi connectivity index (χ1v) is 3.57. The van der Waals surface area contributed by atoms with Crippen molar-refractivity contribution in [3.8, 4) is 11.8 Å². The molecular weight excluding hydrogens is 108 g/mol. The van der Waals surface area contributed by atoms with E-state index in [9.17, 15) is 0 Å². The molecule has 2 unspecified atom stereocenters. The molecule has 1 rings (SSSR count). The van der Waals surface area contributed by atoms with Gasteiger partial charge in [0, 0.05) is 6.42 Å². The van der Waals surface area contributed by atoms with Gasteiger partial charge in [0.05, 0.1) is 0 Å². The van der Waals surface area contributed by atoms with Crippen molar-refractivity contribution in [1.82, 2.24) is 0 Å². The minimum atomic E-state index is 0.803. The minimum absolute atomic E-state index is 0.803. The Kier molecular flexibility index (Phi) is 2.16. The van der Waals surface area contributed by atoms with Gasteiger partial charge in [0.25, 0.3) is 0 Å². The fourth-order valence-electron chi connectivity index (χ4n) is 0.958. The van der Waals surface area contributed by atoms with Crippen LogP contribution >= 0.6 is 0 Å². The zero-order valence-electron chi connectivity index (χ0n) is 6.15. The molecule has 1 radical (unpaired) electrons. The first-order valence-electron chi connectivity index (χ1n) is 3.57. The van der Waals surface area contributed by atoms with Gasteiger partial charge in [0.2, 0.25) is 0 Å². The second kappa shape index (κ2) is 2.92. The molecule has 0 bridgehead atoms. The van der Waals surface area contributed by atoms with E-state index >= 15 is 0 Å². The van der Waals surface area contributed by atoms with Crippen LogP contribution in [0.1, 0.15) is 26.7 Å². The molecule has 1 aliphatic rings. The summed E-state index contributed by atoms with van der Waals surface area (Å²) in [4.78, 5) is 0. The normalized spacial score (nSPS) is 20.2. The van der Waals surface area contributed by atoms with E-state index in [-0.39, 0.29) is 0 Å². The van der Waals surface area contributed by atoms with Crippen LogP contribution in [-0.2, 0) is 0 Å². The SMILES string of the molecule is CC#CCC(C)C1[CH]C1. The molecule has 0 spiro atoms. The van der Waals surface area contributed by atoms with Crippen molar-refractivity contribution in [3.05, 3.63) is 6.42 Å². The van der Waals surface area contributed by atoms with E-state index in [0.717, 1.165) is 18.3 Å². The summed E-state index contributed by atoms with van der Waals surface area (Å²) in [5, 5.41) is 0. The predicted octanol–water partition coefficient (Wildman–Crippen LogP) is 2.26. The zero-order valence-corrected chi connectivity index (χ0v) is 6.15. The van der Waals surface area contributed by atoms with Crippen molar-refractivity contribution in [1.29, 1.82) is 0 Å². The van der Waals surface area contributed by atoms with Gasteiger partial charge in [0.1, 0.15) is 0 Å². The highest BCUT2D eigenvalue weighted by atomic mass is 14.3. The lowest BCUT2D eigenvalue weighted by atomic mass is 10.0. The summed E-state index contributed by atoms with van der Waals surface area (Å²) >= 11 is 0. The van der Waals surface area contributed by atoms with Crippen LogP contribution in [0.5, 0.6) is 0 Å². The molecule has 1 aliphatic carbocycles. The molecule has 0 aromatic carbocycles. The third kappa shape index (κ3) is 2.10. The average Bonchev–Trinajstić information content (AvgIpc) is 2.63. The molecule has 0 heteroatoms. The molecule has 0 nitrogen and oxygen atoms in total. The fourth-order valence-corrected chi connectivity index (χ4v) is 0.958. The van der Waals surface area contributed by atoms with Gasteiger partial charge in [-0.25, -0.2) is 0 Å². The highest BCUT2D eigenvalue weighted by molar-refractivity contribution is 5.03. The van der Waals surface area contributed by atoms with Crippen LogP contribution in [0.4, 0.5) is 0 Å². The van der Waals surface area contributed by atoms with Crippen LogP contribution in [-0.4, -0.2) is 0 Å². The van der Waals surface area contributed by atoms with Crippen LogP contribution in [0.3, 0.4) is 0 Å². The Morgan fingerprint density at radius 2 is 2.44 bits per heavy atom. The van der Waals surface area contributed by atoms with Gasteiger partial charge in [-0.1, -0.05) is 6.92 Å². The molecule has 49 valence electrons. The highest BCUT2D eigenvalue weighted by Crippen LogP contribution is 2.36. The third-order valence-electron chi connectivity index (χ3n) is 1.84. The van der Waals surface area contributed by atoms with E-state index in [1.807, 2.05) is 6.92 Å². The summed E-state index contributed by atoms with van der Waals surface area (Å²) in [6.45, 7) is 4.18. The number of hydrogen-bond acceptors (Lipinski definition) is 0. The van der Waals surface area contributed by atoms with Gasteiger partial charge in [-0.05, 0) is 31.6 Å². The maximum absolute atomic E-state index is 3.10. The van der Waals surface area contributed by atoms with Crippen LogP contribution in [0, 0.1) is 30.1 Å². The molecule has 0 heterocycles. The van der Waals surface area contributed by atoms with Gasteiger partial charge in [-0.3, -0.25) is 0 Å². The maximum atomic E-state index is 3.10. The molecule has 0 saturated heterocycles. The molecule has 0 aromatic rings. The summed E-state index contributed by atoms with van der Waals surface area (Å²) in [6.07, 6.45) is 4.77. The molecule has 0 aliphatic heterocycles. The lowest BCUT2D eigenvalue weighted by Crippen LogP contribution is -1.93. The van der Waals surface area contributed by atoms with Gasteiger partial charge in [0.15, 0.2) is 0 Å². The Morgan fingerprint density at radius 1 is 1.78 bits per heavy atom. The lowest BCUT2D eigenvalue weighted by molar-refractivity contribution is 0.538. The first kappa shape index (κ1) is 6.68. The molecule has 0 aromatic heterocycles. The first-order chi connectivity index (χ1) is 4.34. The molecule has 2 atom stereocenters. The molecule has 1 fully saturated rings. The van der Waals surface area contributed by atoms with Crippen molar-refractivity contribution in [2.24, 2.45) is 11.8 Å². The van der Waals surface area contributed by atoms with Gasteiger partial charge in [-0.2, -0.15) is 0 Å². The maximum Gasteiger partial charge on any atom is 0.0117 e. The number of rotatable bonds is 2. The van der Waals surface area contributed by atoms with Crippen molar-refractivity contribution in [2.75, 3.05) is 0 Å². The van der Waals surface area contributed by atoms with Gasteiger partial charge < -0.3 is 0 Å². The molecule has 0 amide bonds. The Balaban J connectivity index is 2.14. The Labute approximate surface area is 57.7 Å². The van der Waals surface area contributed by atoms with Crippen molar-refractivity contribution in [2.45, 2.75) is 26.7 Å². The van der Waals surface area contributed by atoms with Crippen LogP contribution in [0.15, 0.2) is 0 Å². The Bertz CT molecular complexity index is 132. The topological polar surface area (TPSA) is 0 Å². The second-order valence-corrected chi connectivity index (χ2v) is 2.74. The van der Waals surface area contributed by atoms with E-state index in [0.29, 0.717) is 0 Å². The summed E-state index contributed by atoms with van der Waals surface area (Å²) in [5.41, 5.74) is 0. The third-order valence-corrected chi connectivity index (χ3v) is 1.84. The monoisotopic (exact) mass is 121 g/mol. The predicted molar refractivity (Wildman–Crippen MR) is 39.6 cm³/mol. The number of hydrogen-bond donors (Lipinski definition) is 0. The largest absolute Gasteiger partial charge is 0.107 e. The summed E-state index contributed by atoms with van der Waals surface area (Å²) in [7, 11) is 0. The smallest absolute Gasteiger partial charge is 0.0117 e. The van der Waals surface area contributed by atoms with Crippen molar-refractivity contribution >= 4 is 0 Å². The Morgan fingerprint density at radius 3 is 2.89 bits per heavy atom. The second-order valence-electron chi connectivity index (χ2n) is 2.74. The Hall–Kier alpha value is -0.440. The zero-order chi connectivity index (χ0) is 6.69. The summed E-state index contributed by atoms with van der Waals surface area (Å²) in [6, 6.07) is 0. The van der Waals surface area contributed by atoms with E-state index in [1.165, 1.54) is 6.42 Å². The molecule has 9 heavy (non-hydrogen) atoms. The van der Waals surface area contributed by atoms with Crippen LogP contribution in [0.25, 0.3) is 0 Å². The van der Waals surface area contributed by atoms with E-state index < -0.39 is 0 Å². The standard InChI is InChI=1S/C9H13/c1-3-4-5-8(2)9-6-7-9/h6,8-9H,5,7H2,1-2H3. The van der Waals surface area contributed by atoms with Crippen LogP contribution in [0.2, 0.25) is 0 Å². The minimum Gasteiger partial charge on any atom is -0.107 e. The van der Waals surface area contributed by atoms with Crippen molar-refractivity contribution in [3.63, 3.8) is 0 Å². The molecule has 1 saturated carbocycles. The van der Waals surface area contributed by atoms with Crippen LogP contribution < -0.4 is 0 Å². The summed E-state index contributed by atoms with van der Waals surface area (Å²) < 4.78 is 0. The average molecular weight is 121 g/mol.